The molecule has 2 unspecified atom stereocenters. The Labute approximate surface area is 70.3 Å². The van der Waals surface area contributed by atoms with E-state index in [1.807, 2.05) is 24.2 Å². The van der Waals surface area contributed by atoms with Gasteiger partial charge in [0.25, 0.3) is 0 Å². The Morgan fingerprint density at radius 2 is 2.55 bits per heavy atom. The van der Waals surface area contributed by atoms with Gasteiger partial charge in [-0.3, -0.25) is 4.99 Å². The maximum atomic E-state index is 5.53. The minimum absolute atomic E-state index is 0.489. The van der Waals surface area contributed by atoms with E-state index in [-0.39, 0.29) is 0 Å². The van der Waals surface area contributed by atoms with Gasteiger partial charge in [-0.1, -0.05) is 12.2 Å². The van der Waals surface area contributed by atoms with Crippen molar-refractivity contribution in [1.82, 2.24) is 0 Å². The SMILES string of the molecule is NCC1=CC2C=NC=CC2S1. The molecule has 0 radical (unpaired) electrons. The summed E-state index contributed by atoms with van der Waals surface area (Å²) < 4.78 is 0. The number of aliphatic imine (C=N–C) groups is 1. The summed E-state index contributed by atoms with van der Waals surface area (Å²) in [4.78, 5) is 5.37. The molecule has 0 aromatic heterocycles. The fraction of sp³-hybridized carbons (Fsp3) is 0.375. The largest absolute Gasteiger partial charge is 0.326 e. The molecule has 0 bridgehead atoms. The van der Waals surface area contributed by atoms with Gasteiger partial charge in [0.1, 0.15) is 0 Å². The number of thioether (sulfide) groups is 1. The van der Waals surface area contributed by atoms with Crippen molar-refractivity contribution in [2.75, 3.05) is 6.54 Å². The Kier molecular flexibility index (Phi) is 1.84. The maximum absolute atomic E-state index is 5.53. The molecule has 0 amide bonds. The molecule has 0 saturated heterocycles. The summed E-state index contributed by atoms with van der Waals surface area (Å²) in [5.74, 6) is 0.489. The molecule has 2 rings (SSSR count). The van der Waals surface area contributed by atoms with Gasteiger partial charge in [-0.2, -0.15) is 0 Å². The number of hydrogen-bond acceptors (Lipinski definition) is 3. The highest BCUT2D eigenvalue weighted by Crippen LogP contribution is 2.36. The highest BCUT2D eigenvalue weighted by atomic mass is 32.2. The zero-order chi connectivity index (χ0) is 7.68. The predicted molar refractivity (Wildman–Crippen MR) is 49.6 cm³/mol. The molecular weight excluding hydrogens is 156 g/mol. The van der Waals surface area contributed by atoms with Crippen LogP contribution in [0.4, 0.5) is 0 Å². The van der Waals surface area contributed by atoms with Crippen LogP contribution in [0.3, 0.4) is 0 Å². The minimum atomic E-state index is 0.489. The Hall–Kier alpha value is -0.540. The van der Waals surface area contributed by atoms with Gasteiger partial charge in [-0.05, 0) is 4.91 Å². The van der Waals surface area contributed by atoms with Crippen molar-refractivity contribution < 1.29 is 0 Å². The van der Waals surface area contributed by atoms with Gasteiger partial charge >= 0.3 is 0 Å². The molecule has 0 saturated carbocycles. The average Bonchev–Trinajstić information content (AvgIpc) is 2.46. The molecule has 0 fully saturated rings. The van der Waals surface area contributed by atoms with Gasteiger partial charge in [-0.15, -0.1) is 11.8 Å². The monoisotopic (exact) mass is 166 g/mol. The Morgan fingerprint density at radius 3 is 3.27 bits per heavy atom. The number of fused-ring (bicyclic) bond motifs is 1. The summed E-state index contributed by atoms with van der Waals surface area (Å²) in [7, 11) is 0. The first-order valence-corrected chi connectivity index (χ1v) is 4.55. The van der Waals surface area contributed by atoms with Crippen molar-refractivity contribution in [3.8, 4) is 0 Å². The standard InChI is InChI=1S/C8H10N2S/c9-4-7-3-6-5-10-2-1-8(6)11-7/h1-3,5-6,8H,4,9H2. The smallest absolute Gasteiger partial charge is 0.0402 e. The number of nitrogens with zero attached hydrogens (tertiary/aromatic N) is 1. The predicted octanol–water partition coefficient (Wildman–Crippen LogP) is 1.16. The molecule has 11 heavy (non-hydrogen) atoms. The molecule has 0 spiro atoms. The highest BCUT2D eigenvalue weighted by molar-refractivity contribution is 8.04. The Bertz CT molecular complexity index is 242. The van der Waals surface area contributed by atoms with Crippen LogP contribution >= 0.6 is 11.8 Å². The molecule has 2 heterocycles. The van der Waals surface area contributed by atoms with E-state index in [1.54, 1.807) is 0 Å². The molecular formula is C8H10N2S. The maximum Gasteiger partial charge on any atom is 0.0402 e. The zero-order valence-corrected chi connectivity index (χ0v) is 6.92. The Balaban J connectivity index is 2.16. The first-order valence-electron chi connectivity index (χ1n) is 3.67. The molecule has 3 heteroatoms. The van der Waals surface area contributed by atoms with Crippen LogP contribution in [0.5, 0.6) is 0 Å². The third kappa shape index (κ3) is 1.26. The van der Waals surface area contributed by atoms with Crippen molar-refractivity contribution in [1.29, 1.82) is 0 Å². The van der Waals surface area contributed by atoms with Gasteiger partial charge in [-0.25, -0.2) is 0 Å². The lowest BCUT2D eigenvalue weighted by Gasteiger charge is -2.11. The molecule has 2 aliphatic heterocycles. The van der Waals surface area contributed by atoms with E-state index in [1.165, 1.54) is 4.91 Å². The average molecular weight is 166 g/mol. The summed E-state index contributed by atoms with van der Waals surface area (Å²) in [6.07, 6.45) is 8.19. The van der Waals surface area contributed by atoms with Crippen LogP contribution < -0.4 is 5.73 Å². The lowest BCUT2D eigenvalue weighted by Crippen LogP contribution is -2.11. The number of hydrogen-bond donors (Lipinski definition) is 1. The third-order valence-electron chi connectivity index (χ3n) is 1.87. The molecule has 2 nitrogen and oxygen atoms in total. The summed E-state index contributed by atoms with van der Waals surface area (Å²) in [5, 5.41) is 0.561. The van der Waals surface area contributed by atoms with Crippen LogP contribution in [0.15, 0.2) is 28.2 Å². The minimum Gasteiger partial charge on any atom is -0.326 e. The first kappa shape index (κ1) is 7.13. The second-order valence-corrected chi connectivity index (χ2v) is 3.94. The molecule has 0 aliphatic carbocycles. The first-order chi connectivity index (χ1) is 5.40. The van der Waals surface area contributed by atoms with Gasteiger partial charge in [0, 0.05) is 30.1 Å². The van der Waals surface area contributed by atoms with Crippen molar-refractivity contribution in [3.63, 3.8) is 0 Å². The number of allylic oxidation sites excluding steroid dienone is 1. The number of nitrogens with two attached hydrogens (primary N) is 1. The summed E-state index contributed by atoms with van der Waals surface area (Å²) in [5.41, 5.74) is 5.53. The van der Waals surface area contributed by atoms with Gasteiger partial charge < -0.3 is 5.73 Å². The molecule has 58 valence electrons. The van der Waals surface area contributed by atoms with E-state index in [0.29, 0.717) is 17.7 Å². The van der Waals surface area contributed by atoms with Crippen LogP contribution in [-0.2, 0) is 0 Å². The summed E-state index contributed by atoms with van der Waals surface area (Å²) in [6.45, 7) is 0.666. The molecule has 0 aromatic carbocycles. The van der Waals surface area contributed by atoms with Gasteiger partial charge in [0.05, 0.1) is 0 Å². The van der Waals surface area contributed by atoms with E-state index < -0.39 is 0 Å². The van der Waals surface area contributed by atoms with Crippen LogP contribution in [0.1, 0.15) is 0 Å². The molecule has 2 N–H and O–H groups in total. The molecule has 2 aliphatic rings. The second-order valence-electron chi connectivity index (χ2n) is 2.64. The lowest BCUT2D eigenvalue weighted by atomic mass is 10.1. The normalized spacial score (nSPS) is 33.7. The zero-order valence-electron chi connectivity index (χ0n) is 6.10. The van der Waals surface area contributed by atoms with Crippen molar-refractivity contribution in [2.24, 2.45) is 16.6 Å². The van der Waals surface area contributed by atoms with Crippen molar-refractivity contribution >= 4 is 18.0 Å². The summed E-state index contributed by atoms with van der Waals surface area (Å²) in [6, 6.07) is 0. The van der Waals surface area contributed by atoms with Crippen molar-refractivity contribution in [3.05, 3.63) is 23.3 Å². The molecule has 2 atom stereocenters. The lowest BCUT2D eigenvalue weighted by molar-refractivity contribution is 0.916. The van der Waals surface area contributed by atoms with E-state index in [2.05, 4.69) is 17.1 Å². The topological polar surface area (TPSA) is 38.4 Å². The Morgan fingerprint density at radius 1 is 1.64 bits per heavy atom. The van der Waals surface area contributed by atoms with Crippen LogP contribution in [0.2, 0.25) is 0 Å². The van der Waals surface area contributed by atoms with Crippen molar-refractivity contribution in [2.45, 2.75) is 5.25 Å². The highest BCUT2D eigenvalue weighted by Gasteiger charge is 2.25. The van der Waals surface area contributed by atoms with E-state index in [0.717, 1.165) is 0 Å². The quantitative estimate of drug-likeness (QED) is 0.634. The summed E-state index contributed by atoms with van der Waals surface area (Å²) >= 11 is 1.85. The van der Waals surface area contributed by atoms with Gasteiger partial charge in [0.2, 0.25) is 0 Å². The fourth-order valence-corrected chi connectivity index (χ4v) is 2.43. The number of rotatable bonds is 1. The van der Waals surface area contributed by atoms with Gasteiger partial charge in [0.15, 0.2) is 0 Å². The van der Waals surface area contributed by atoms with Crippen LogP contribution in [0, 0.1) is 5.92 Å². The fourth-order valence-electron chi connectivity index (χ4n) is 1.30. The second kappa shape index (κ2) is 2.83. The van der Waals surface area contributed by atoms with Crippen LogP contribution in [0.25, 0.3) is 0 Å². The molecule has 0 aromatic rings. The van der Waals surface area contributed by atoms with E-state index >= 15 is 0 Å². The van der Waals surface area contributed by atoms with Crippen LogP contribution in [-0.4, -0.2) is 18.0 Å². The third-order valence-corrected chi connectivity index (χ3v) is 3.22. The van der Waals surface area contributed by atoms with E-state index in [4.69, 9.17) is 5.73 Å². The van der Waals surface area contributed by atoms with E-state index in [9.17, 15) is 0 Å².